The van der Waals surface area contributed by atoms with Crippen LogP contribution in [0.1, 0.15) is 41.0 Å². The summed E-state index contributed by atoms with van der Waals surface area (Å²) in [6, 6.07) is 16.4. The van der Waals surface area contributed by atoms with Crippen molar-refractivity contribution in [2.45, 2.75) is 31.3 Å². The quantitative estimate of drug-likeness (QED) is 0.458. The fraction of sp³-hybridized carbons (Fsp3) is 0.357. The molecule has 2 aromatic carbocycles. The van der Waals surface area contributed by atoms with Gasteiger partial charge in [-0.2, -0.15) is 0 Å². The van der Waals surface area contributed by atoms with Gasteiger partial charge in [-0.3, -0.25) is 9.59 Å². The van der Waals surface area contributed by atoms with Crippen LogP contribution < -0.4 is 5.32 Å². The van der Waals surface area contributed by atoms with Crippen LogP contribution in [0.15, 0.2) is 67.3 Å². The molecule has 3 saturated heterocycles. The minimum atomic E-state index is -0.401. The van der Waals surface area contributed by atoms with Crippen LogP contribution in [0, 0.1) is 5.92 Å². The molecule has 7 nitrogen and oxygen atoms in total. The van der Waals surface area contributed by atoms with E-state index in [1.54, 1.807) is 12.4 Å². The van der Waals surface area contributed by atoms with Crippen molar-refractivity contribution in [3.8, 4) is 0 Å². The monoisotopic (exact) mass is 469 g/mol. The lowest BCUT2D eigenvalue weighted by Crippen LogP contribution is -2.66. The lowest BCUT2D eigenvalue weighted by Gasteiger charge is -2.51. The number of anilines is 1. The van der Waals surface area contributed by atoms with E-state index in [9.17, 15) is 9.59 Å². The third kappa shape index (κ3) is 4.21. The largest absolute Gasteiger partial charge is 0.455 e. The highest BCUT2D eigenvalue weighted by Crippen LogP contribution is 2.40. The fourth-order valence-electron chi connectivity index (χ4n) is 6.24. The van der Waals surface area contributed by atoms with Crippen molar-refractivity contribution >= 4 is 17.6 Å². The summed E-state index contributed by atoms with van der Waals surface area (Å²) in [5.41, 5.74) is 5.07. The average Bonchev–Trinajstić information content (AvgIpc) is 2.88. The topological polar surface area (TPSA) is 81.2 Å². The van der Waals surface area contributed by atoms with Crippen LogP contribution in [-0.2, 0) is 20.7 Å². The van der Waals surface area contributed by atoms with Crippen LogP contribution in [0.2, 0.25) is 0 Å². The van der Waals surface area contributed by atoms with Gasteiger partial charge < -0.3 is 14.5 Å². The van der Waals surface area contributed by atoms with Gasteiger partial charge in [-0.15, -0.1) is 0 Å². The number of piperidine rings is 3. The molecular formula is C28H29N4O3+. The Kier molecular flexibility index (Phi) is 5.57. The molecule has 1 aliphatic carbocycles. The number of carbonyl (C=O) groups is 2. The summed E-state index contributed by atoms with van der Waals surface area (Å²) >= 11 is 0. The highest BCUT2D eigenvalue weighted by Gasteiger charge is 2.49. The van der Waals surface area contributed by atoms with Gasteiger partial charge in [0.1, 0.15) is 18.8 Å². The van der Waals surface area contributed by atoms with Crippen molar-refractivity contribution in [3.05, 3.63) is 89.5 Å². The molecule has 3 fully saturated rings. The van der Waals surface area contributed by atoms with Gasteiger partial charge in [0.05, 0.1) is 31.2 Å². The lowest BCUT2D eigenvalue weighted by molar-refractivity contribution is -0.938. The standard InChI is InChI=1S/C28H28N4O3/c33-26(31-22-14-29-18-30-15-22)17-32-11-9-19(10-12-32)25(16-32)35-28(34)27-23-7-3-1-5-20(23)13-21-6-2-4-8-24(21)27/h1-8,14-15,18-19,25,27H,9-13,16-17H2/p+1. The second-order valence-electron chi connectivity index (χ2n) is 10.1. The molecule has 1 N–H and O–H groups in total. The molecule has 3 aliphatic heterocycles. The number of aromatic nitrogens is 2. The van der Waals surface area contributed by atoms with E-state index in [1.165, 1.54) is 17.5 Å². The van der Waals surface area contributed by atoms with Gasteiger partial charge in [0.2, 0.25) is 0 Å². The maximum Gasteiger partial charge on any atom is 0.318 e. The highest BCUT2D eigenvalue weighted by atomic mass is 16.5. The van der Waals surface area contributed by atoms with Gasteiger partial charge in [0, 0.05) is 18.8 Å². The molecule has 7 heteroatoms. The summed E-state index contributed by atoms with van der Waals surface area (Å²) in [5, 5.41) is 2.91. The van der Waals surface area contributed by atoms with Crippen molar-refractivity contribution in [1.29, 1.82) is 0 Å². The van der Waals surface area contributed by atoms with Gasteiger partial charge in [0.25, 0.3) is 5.91 Å². The Labute approximate surface area is 204 Å². The van der Waals surface area contributed by atoms with Crippen LogP contribution in [0.4, 0.5) is 5.69 Å². The van der Waals surface area contributed by atoms with Gasteiger partial charge in [-0.25, -0.2) is 9.97 Å². The summed E-state index contributed by atoms with van der Waals surface area (Å²) in [4.78, 5) is 34.5. The van der Waals surface area contributed by atoms with Gasteiger partial charge in [-0.1, -0.05) is 48.5 Å². The van der Waals surface area contributed by atoms with Crippen molar-refractivity contribution in [2.24, 2.45) is 5.92 Å². The summed E-state index contributed by atoms with van der Waals surface area (Å²) < 4.78 is 6.96. The molecule has 1 amide bonds. The van der Waals surface area contributed by atoms with Crippen molar-refractivity contribution in [1.82, 2.24) is 9.97 Å². The van der Waals surface area contributed by atoms with Gasteiger partial charge in [0.15, 0.2) is 12.6 Å². The summed E-state index contributed by atoms with van der Waals surface area (Å²) in [6.07, 6.45) is 7.24. The first-order chi connectivity index (χ1) is 17.1. The number of rotatable bonds is 5. The molecule has 7 rings (SSSR count). The molecule has 4 heterocycles. The number of carbonyl (C=O) groups excluding carboxylic acids is 2. The fourth-order valence-corrected chi connectivity index (χ4v) is 6.24. The molecule has 1 unspecified atom stereocenters. The average molecular weight is 470 g/mol. The SMILES string of the molecule is O=C(C[N+]12CCC(CC1)C(OC(=O)C1c3ccccc3Cc3ccccc31)C2)Nc1cncnc1. The predicted molar refractivity (Wildman–Crippen MR) is 131 cm³/mol. The molecule has 178 valence electrons. The molecule has 0 spiro atoms. The van der Waals surface area contributed by atoms with Crippen LogP contribution in [0.25, 0.3) is 0 Å². The molecule has 35 heavy (non-hydrogen) atoms. The number of hydrogen-bond acceptors (Lipinski definition) is 5. The van der Waals surface area contributed by atoms with Crippen LogP contribution in [-0.4, -0.2) is 58.6 Å². The van der Waals surface area contributed by atoms with E-state index in [4.69, 9.17) is 4.74 Å². The van der Waals surface area contributed by atoms with Crippen LogP contribution >= 0.6 is 0 Å². The molecular weight excluding hydrogens is 440 g/mol. The molecule has 0 radical (unpaired) electrons. The zero-order valence-corrected chi connectivity index (χ0v) is 19.6. The Balaban J connectivity index is 1.19. The lowest BCUT2D eigenvalue weighted by atomic mass is 9.78. The Morgan fingerprint density at radius 1 is 0.943 bits per heavy atom. The van der Waals surface area contributed by atoms with Crippen LogP contribution in [0.3, 0.4) is 0 Å². The number of nitrogens with zero attached hydrogens (tertiary/aromatic N) is 3. The Morgan fingerprint density at radius 2 is 1.57 bits per heavy atom. The number of fused-ring (bicyclic) bond motifs is 5. The molecule has 2 bridgehead atoms. The number of nitrogens with one attached hydrogen (secondary N) is 1. The zero-order chi connectivity index (χ0) is 23.8. The Bertz CT molecular complexity index is 1210. The molecule has 1 atom stereocenters. The van der Waals surface area contributed by atoms with Crippen LogP contribution in [0.5, 0.6) is 0 Å². The molecule has 0 saturated carbocycles. The van der Waals surface area contributed by atoms with Crippen molar-refractivity contribution in [3.63, 3.8) is 0 Å². The van der Waals surface area contributed by atoms with Crippen molar-refractivity contribution < 1.29 is 18.8 Å². The minimum absolute atomic E-state index is 0.0552. The summed E-state index contributed by atoms with van der Waals surface area (Å²) in [6.45, 7) is 2.93. The highest BCUT2D eigenvalue weighted by molar-refractivity contribution is 5.91. The molecule has 1 aromatic heterocycles. The molecule has 3 aromatic rings. The van der Waals surface area contributed by atoms with E-state index in [1.807, 2.05) is 24.3 Å². The molecule has 4 aliphatic rings. The third-order valence-corrected chi connectivity index (χ3v) is 7.98. The number of esters is 1. The Hall–Kier alpha value is -3.58. The van der Waals surface area contributed by atoms with E-state index >= 15 is 0 Å². The first-order valence-corrected chi connectivity index (χ1v) is 12.4. The first kappa shape index (κ1) is 21.9. The number of amides is 1. The number of hydrogen-bond donors (Lipinski definition) is 1. The Morgan fingerprint density at radius 3 is 2.23 bits per heavy atom. The summed E-state index contributed by atoms with van der Waals surface area (Å²) in [5.74, 6) is -0.271. The van der Waals surface area contributed by atoms with Gasteiger partial charge >= 0.3 is 5.97 Å². The maximum atomic E-state index is 13.7. The smallest absolute Gasteiger partial charge is 0.318 e. The second-order valence-corrected chi connectivity index (χ2v) is 10.1. The van der Waals surface area contributed by atoms with E-state index in [-0.39, 0.29) is 18.0 Å². The predicted octanol–water partition coefficient (Wildman–Crippen LogP) is 3.30. The van der Waals surface area contributed by atoms with Crippen molar-refractivity contribution in [2.75, 3.05) is 31.5 Å². The second kappa shape index (κ2) is 8.89. The number of benzene rings is 2. The minimum Gasteiger partial charge on any atom is -0.455 e. The first-order valence-electron chi connectivity index (χ1n) is 12.4. The van der Waals surface area contributed by atoms with E-state index in [2.05, 4.69) is 39.6 Å². The van der Waals surface area contributed by atoms with E-state index in [0.717, 1.165) is 43.5 Å². The van der Waals surface area contributed by atoms with E-state index < -0.39 is 5.92 Å². The summed E-state index contributed by atoms with van der Waals surface area (Å²) in [7, 11) is 0. The third-order valence-electron chi connectivity index (χ3n) is 7.98. The maximum absolute atomic E-state index is 13.7. The zero-order valence-electron chi connectivity index (χ0n) is 19.6. The van der Waals surface area contributed by atoms with E-state index in [0.29, 0.717) is 29.2 Å². The number of quaternary nitrogens is 1. The normalized spacial score (nSPS) is 24.8. The number of ether oxygens (including phenoxy) is 1. The van der Waals surface area contributed by atoms with Gasteiger partial charge in [-0.05, 0) is 28.7 Å².